The molecule has 7 nitrogen and oxygen atoms in total. The fraction of sp³-hybridized carbons (Fsp3) is 0.333. The average molecular weight is 507 g/mol. The number of rotatable bonds is 10. The van der Waals surface area contributed by atoms with Gasteiger partial charge in [0, 0.05) is 6.54 Å². The highest BCUT2D eigenvalue weighted by atomic mass is 32.2. The minimum absolute atomic E-state index is 0.0471. The van der Waals surface area contributed by atoms with Gasteiger partial charge in [-0.15, -0.1) is 4.40 Å². The summed E-state index contributed by atoms with van der Waals surface area (Å²) in [6, 6.07) is 9.73. The van der Waals surface area contributed by atoms with Gasteiger partial charge in [0.05, 0.1) is 23.5 Å². The van der Waals surface area contributed by atoms with Gasteiger partial charge in [0.2, 0.25) is 0 Å². The van der Waals surface area contributed by atoms with E-state index in [1.807, 2.05) is 0 Å². The van der Waals surface area contributed by atoms with E-state index in [1.54, 1.807) is 38.3 Å². The molecule has 0 spiro atoms. The van der Waals surface area contributed by atoms with Gasteiger partial charge < -0.3 is 9.47 Å². The van der Waals surface area contributed by atoms with Gasteiger partial charge in [-0.1, -0.05) is 25.8 Å². The molecule has 2 aromatic carbocycles. The zero-order chi connectivity index (χ0) is 24.7. The van der Waals surface area contributed by atoms with E-state index in [4.69, 9.17) is 9.47 Å². The standard InChI is InChI=1S/C24H27FN2O5S2/c1-4-6-7-14-32-20-13-8-17(15-21(20)31-3)16-22-23(28)27(5-2)24(33-22)26-34(29,30)19-11-9-18(25)10-12-19/h8-13,15-16H,4-7,14H2,1-3H3. The number of methoxy groups -OCH3 is 1. The van der Waals surface area contributed by atoms with Gasteiger partial charge >= 0.3 is 0 Å². The van der Waals surface area contributed by atoms with Crippen molar-refractivity contribution in [3.8, 4) is 11.5 Å². The number of sulfonamides is 1. The molecule has 0 bridgehead atoms. The Morgan fingerprint density at radius 1 is 1.09 bits per heavy atom. The van der Waals surface area contributed by atoms with E-state index >= 15 is 0 Å². The van der Waals surface area contributed by atoms with Gasteiger partial charge in [-0.05, 0) is 73.1 Å². The van der Waals surface area contributed by atoms with Crippen molar-refractivity contribution in [3.63, 3.8) is 0 Å². The van der Waals surface area contributed by atoms with Crippen molar-refractivity contribution >= 4 is 38.9 Å². The lowest BCUT2D eigenvalue weighted by atomic mass is 10.2. The first-order chi connectivity index (χ1) is 16.3. The first-order valence-corrected chi connectivity index (χ1v) is 13.2. The van der Waals surface area contributed by atoms with Crippen LogP contribution in [-0.2, 0) is 14.8 Å². The number of nitrogens with zero attached hydrogens (tertiary/aromatic N) is 2. The van der Waals surface area contributed by atoms with E-state index in [-0.39, 0.29) is 22.5 Å². The first-order valence-electron chi connectivity index (χ1n) is 10.9. The Hall–Kier alpha value is -2.85. The number of carbonyl (C=O) groups is 1. The van der Waals surface area contributed by atoms with Crippen LogP contribution < -0.4 is 9.47 Å². The molecule has 0 aromatic heterocycles. The summed E-state index contributed by atoms with van der Waals surface area (Å²) in [5.41, 5.74) is 0.701. The number of ether oxygens (including phenoxy) is 2. The van der Waals surface area contributed by atoms with E-state index in [1.165, 1.54) is 4.90 Å². The van der Waals surface area contributed by atoms with Crippen LogP contribution in [0.1, 0.15) is 38.7 Å². The summed E-state index contributed by atoms with van der Waals surface area (Å²) < 4.78 is 53.6. The predicted molar refractivity (Wildman–Crippen MR) is 132 cm³/mol. The second kappa shape index (κ2) is 11.5. The quantitative estimate of drug-likeness (QED) is 0.330. The van der Waals surface area contributed by atoms with Crippen LogP contribution in [0.2, 0.25) is 0 Å². The summed E-state index contributed by atoms with van der Waals surface area (Å²) in [4.78, 5) is 14.4. The summed E-state index contributed by atoms with van der Waals surface area (Å²) >= 11 is 0.970. The summed E-state index contributed by atoms with van der Waals surface area (Å²) in [7, 11) is -2.56. The molecule has 3 rings (SSSR count). The summed E-state index contributed by atoms with van der Waals surface area (Å²) in [6.45, 7) is 4.69. The van der Waals surface area contributed by atoms with Crippen molar-refractivity contribution in [1.82, 2.24) is 4.90 Å². The Labute approximate surface area is 203 Å². The Morgan fingerprint density at radius 2 is 1.82 bits per heavy atom. The maximum absolute atomic E-state index is 13.2. The average Bonchev–Trinajstić information content (AvgIpc) is 3.10. The number of amidine groups is 1. The number of benzene rings is 2. The van der Waals surface area contributed by atoms with E-state index < -0.39 is 15.8 Å². The van der Waals surface area contributed by atoms with Crippen molar-refractivity contribution in [2.24, 2.45) is 4.40 Å². The zero-order valence-corrected chi connectivity index (χ0v) is 20.9. The van der Waals surface area contributed by atoms with Crippen molar-refractivity contribution in [3.05, 3.63) is 58.8 Å². The molecule has 0 atom stereocenters. The largest absolute Gasteiger partial charge is 0.493 e. The van der Waals surface area contributed by atoms with Gasteiger partial charge in [-0.2, -0.15) is 8.42 Å². The number of likely N-dealkylation sites (N-methyl/N-ethyl adjacent to an activating group) is 1. The molecule has 1 heterocycles. The topological polar surface area (TPSA) is 85.3 Å². The molecule has 1 aliphatic heterocycles. The summed E-state index contributed by atoms with van der Waals surface area (Å²) in [5.74, 6) is 0.264. The maximum atomic E-state index is 13.2. The second-order valence-electron chi connectivity index (χ2n) is 7.43. The van der Waals surface area contributed by atoms with Crippen LogP contribution in [0.15, 0.2) is 56.7 Å². The molecular formula is C24H27FN2O5S2. The van der Waals surface area contributed by atoms with E-state index in [2.05, 4.69) is 11.3 Å². The number of amides is 1. The molecular weight excluding hydrogens is 479 g/mol. The number of hydrogen-bond donors (Lipinski definition) is 0. The van der Waals surface area contributed by atoms with Crippen molar-refractivity contribution < 1.29 is 27.1 Å². The molecule has 0 radical (unpaired) electrons. The Bertz CT molecular complexity index is 1190. The summed E-state index contributed by atoms with van der Waals surface area (Å²) in [6.07, 6.45) is 4.79. The van der Waals surface area contributed by atoms with Gasteiger partial charge in [0.1, 0.15) is 5.82 Å². The van der Waals surface area contributed by atoms with E-state index in [9.17, 15) is 17.6 Å². The molecule has 0 N–H and O–H groups in total. The highest BCUT2D eigenvalue weighted by Crippen LogP contribution is 2.35. The Morgan fingerprint density at radius 3 is 2.47 bits per heavy atom. The zero-order valence-electron chi connectivity index (χ0n) is 19.3. The molecule has 0 saturated carbocycles. The smallest absolute Gasteiger partial charge is 0.284 e. The third-order valence-electron chi connectivity index (χ3n) is 5.00. The van der Waals surface area contributed by atoms with Crippen LogP contribution in [0.25, 0.3) is 6.08 Å². The van der Waals surface area contributed by atoms with Crippen LogP contribution in [0.5, 0.6) is 11.5 Å². The fourth-order valence-corrected chi connectivity index (χ4v) is 5.44. The van der Waals surface area contributed by atoms with Crippen LogP contribution >= 0.6 is 11.8 Å². The van der Waals surface area contributed by atoms with Gasteiger partial charge in [0.15, 0.2) is 16.7 Å². The van der Waals surface area contributed by atoms with Crippen LogP contribution in [0.4, 0.5) is 4.39 Å². The SMILES string of the molecule is CCCCCOc1ccc(C=C2SC(=NS(=O)(=O)c3ccc(F)cc3)N(CC)C2=O)cc1OC. The lowest BCUT2D eigenvalue weighted by Crippen LogP contribution is -2.29. The molecule has 182 valence electrons. The predicted octanol–water partition coefficient (Wildman–Crippen LogP) is 5.08. The highest BCUT2D eigenvalue weighted by molar-refractivity contribution is 8.19. The normalized spacial score (nSPS) is 16.5. The highest BCUT2D eigenvalue weighted by Gasteiger charge is 2.34. The molecule has 2 aromatic rings. The number of unbranched alkanes of at least 4 members (excludes halogenated alkanes) is 2. The van der Waals surface area contributed by atoms with Gasteiger partial charge in [0.25, 0.3) is 15.9 Å². The monoisotopic (exact) mass is 506 g/mol. The number of carbonyl (C=O) groups excluding carboxylic acids is 1. The molecule has 1 saturated heterocycles. The lowest BCUT2D eigenvalue weighted by Gasteiger charge is -2.12. The minimum atomic E-state index is -4.11. The molecule has 1 fully saturated rings. The van der Waals surface area contributed by atoms with E-state index in [0.29, 0.717) is 28.6 Å². The Kier molecular flexibility index (Phi) is 8.73. The summed E-state index contributed by atoms with van der Waals surface area (Å²) in [5, 5.41) is 0.0471. The third-order valence-corrected chi connectivity index (χ3v) is 7.41. The molecule has 0 unspecified atom stereocenters. The second-order valence-corrected chi connectivity index (χ2v) is 10.0. The van der Waals surface area contributed by atoms with Crippen LogP contribution in [0, 0.1) is 5.82 Å². The van der Waals surface area contributed by atoms with Crippen molar-refractivity contribution in [1.29, 1.82) is 0 Å². The molecule has 34 heavy (non-hydrogen) atoms. The van der Waals surface area contributed by atoms with Crippen molar-refractivity contribution in [2.45, 2.75) is 38.0 Å². The molecule has 1 amide bonds. The van der Waals surface area contributed by atoms with Gasteiger partial charge in [-0.3, -0.25) is 9.69 Å². The molecule has 0 aliphatic carbocycles. The molecule has 1 aliphatic rings. The lowest BCUT2D eigenvalue weighted by molar-refractivity contribution is -0.122. The molecule has 10 heteroatoms. The fourth-order valence-electron chi connectivity index (χ4n) is 3.20. The third kappa shape index (κ3) is 6.18. The van der Waals surface area contributed by atoms with Crippen molar-refractivity contribution in [2.75, 3.05) is 20.3 Å². The first kappa shape index (κ1) is 25.8. The minimum Gasteiger partial charge on any atom is -0.493 e. The maximum Gasteiger partial charge on any atom is 0.284 e. The number of thioether (sulfide) groups is 1. The van der Waals surface area contributed by atoms with Crippen LogP contribution in [0.3, 0.4) is 0 Å². The number of hydrogen-bond acceptors (Lipinski definition) is 6. The van der Waals surface area contributed by atoms with Crippen LogP contribution in [-0.4, -0.2) is 44.7 Å². The number of halogens is 1. The Balaban J connectivity index is 1.85. The van der Waals surface area contributed by atoms with Gasteiger partial charge in [-0.25, -0.2) is 4.39 Å². The van der Waals surface area contributed by atoms with E-state index in [0.717, 1.165) is 55.3 Å².